The molecule has 0 saturated heterocycles. The highest BCUT2D eigenvalue weighted by Crippen LogP contribution is 2.26. The van der Waals surface area contributed by atoms with Crippen molar-refractivity contribution in [2.45, 2.75) is 32.6 Å². The minimum Gasteiger partial charge on any atom is -0.492 e. The van der Waals surface area contributed by atoms with Crippen LogP contribution in [0.25, 0.3) is 0 Å². The summed E-state index contributed by atoms with van der Waals surface area (Å²) in [4.78, 5) is 24.9. The molecule has 0 aliphatic carbocycles. The number of thiocarbonyl (C=S) groups is 1. The van der Waals surface area contributed by atoms with Gasteiger partial charge in [0.2, 0.25) is 0 Å². The SMILES string of the molecule is CCCCCCOc1ccc(C(=O)NC(=S)Nc2cccc(NC(=O)COc3ccccc3)c2)cc1Br. The Morgan fingerprint density at radius 2 is 1.62 bits per heavy atom. The number of carbonyl (C=O) groups is 2. The number of halogens is 1. The largest absolute Gasteiger partial charge is 0.492 e. The normalized spacial score (nSPS) is 10.3. The van der Waals surface area contributed by atoms with Crippen LogP contribution in [0.3, 0.4) is 0 Å². The Kier molecular flexibility index (Phi) is 11.4. The van der Waals surface area contributed by atoms with Crippen molar-refractivity contribution in [3.05, 3.63) is 82.8 Å². The molecule has 0 radical (unpaired) electrons. The molecule has 0 fully saturated rings. The van der Waals surface area contributed by atoms with Crippen LogP contribution in [0.4, 0.5) is 11.4 Å². The summed E-state index contributed by atoms with van der Waals surface area (Å²) in [7, 11) is 0. The van der Waals surface area contributed by atoms with Gasteiger partial charge in [0.25, 0.3) is 11.8 Å². The molecular weight excluding hydrogens is 554 g/mol. The summed E-state index contributed by atoms with van der Waals surface area (Å²) in [6.45, 7) is 2.69. The van der Waals surface area contributed by atoms with Gasteiger partial charge >= 0.3 is 0 Å². The predicted molar refractivity (Wildman–Crippen MR) is 154 cm³/mol. The zero-order valence-electron chi connectivity index (χ0n) is 20.6. The van der Waals surface area contributed by atoms with E-state index >= 15 is 0 Å². The second-order valence-electron chi connectivity index (χ2n) is 8.19. The van der Waals surface area contributed by atoms with E-state index in [-0.39, 0.29) is 23.5 Å². The van der Waals surface area contributed by atoms with Crippen LogP contribution in [-0.4, -0.2) is 30.1 Å². The van der Waals surface area contributed by atoms with Gasteiger partial charge in [0.15, 0.2) is 11.7 Å². The summed E-state index contributed by atoms with van der Waals surface area (Å²) in [6, 6.07) is 21.3. The summed E-state index contributed by atoms with van der Waals surface area (Å²) in [6.07, 6.45) is 4.50. The molecule has 0 aliphatic rings. The minimum atomic E-state index is -0.352. The van der Waals surface area contributed by atoms with Crippen molar-refractivity contribution in [2.75, 3.05) is 23.8 Å². The molecule has 0 aromatic heterocycles. The van der Waals surface area contributed by atoms with Crippen LogP contribution in [0.2, 0.25) is 0 Å². The Hall–Kier alpha value is -3.43. The molecule has 0 bridgehead atoms. The number of hydrogen-bond acceptors (Lipinski definition) is 5. The average molecular weight is 585 g/mol. The molecule has 3 aromatic rings. The molecule has 3 aromatic carbocycles. The fraction of sp³-hybridized carbons (Fsp3) is 0.250. The van der Waals surface area contributed by atoms with Crippen LogP contribution in [0, 0.1) is 0 Å². The molecule has 2 amide bonds. The Labute approximate surface area is 231 Å². The van der Waals surface area contributed by atoms with E-state index in [1.165, 1.54) is 12.8 Å². The number of nitrogens with one attached hydrogen (secondary N) is 3. The quantitative estimate of drug-likeness (QED) is 0.165. The Bertz CT molecular complexity index is 1210. The standard InChI is InChI=1S/C28H30BrN3O4S/c1-2-3-4-8-16-35-25-15-14-20(17-24(25)29)27(34)32-28(37)31-22-11-9-10-21(18-22)30-26(33)19-36-23-12-6-5-7-13-23/h5-7,9-15,17-18H,2-4,8,16,19H2,1H3,(H,30,33)(H2,31,32,34,37). The maximum atomic E-state index is 12.7. The lowest BCUT2D eigenvalue weighted by Crippen LogP contribution is -2.34. The molecule has 0 atom stereocenters. The van der Waals surface area contributed by atoms with Crippen LogP contribution in [0.1, 0.15) is 43.0 Å². The van der Waals surface area contributed by atoms with E-state index in [4.69, 9.17) is 21.7 Å². The third kappa shape index (κ3) is 9.86. The first-order valence-corrected chi connectivity index (χ1v) is 13.3. The van der Waals surface area contributed by atoms with Crippen molar-refractivity contribution < 1.29 is 19.1 Å². The number of anilines is 2. The first-order valence-electron chi connectivity index (χ1n) is 12.1. The molecule has 0 saturated carbocycles. The summed E-state index contributed by atoms with van der Waals surface area (Å²) >= 11 is 8.78. The fourth-order valence-corrected chi connectivity index (χ4v) is 4.05. The van der Waals surface area contributed by atoms with E-state index in [0.29, 0.717) is 39.5 Å². The summed E-state index contributed by atoms with van der Waals surface area (Å²) < 4.78 is 12.0. The highest BCUT2D eigenvalue weighted by Gasteiger charge is 2.12. The number of amides is 2. The molecule has 37 heavy (non-hydrogen) atoms. The van der Waals surface area contributed by atoms with Gasteiger partial charge in [-0.1, -0.05) is 50.5 Å². The lowest BCUT2D eigenvalue weighted by molar-refractivity contribution is -0.118. The lowest BCUT2D eigenvalue weighted by atomic mass is 10.2. The van der Waals surface area contributed by atoms with Crippen LogP contribution in [0.15, 0.2) is 77.3 Å². The van der Waals surface area contributed by atoms with Gasteiger partial charge in [0.05, 0.1) is 11.1 Å². The highest BCUT2D eigenvalue weighted by atomic mass is 79.9. The first kappa shape index (κ1) is 28.1. The molecule has 0 heterocycles. The molecule has 3 N–H and O–H groups in total. The average Bonchev–Trinajstić information content (AvgIpc) is 2.89. The summed E-state index contributed by atoms with van der Waals surface area (Å²) in [5.74, 6) is 0.665. The number of hydrogen-bond donors (Lipinski definition) is 3. The molecule has 0 unspecified atom stereocenters. The fourth-order valence-electron chi connectivity index (χ4n) is 3.35. The van der Waals surface area contributed by atoms with Crippen LogP contribution >= 0.6 is 28.1 Å². The number of unbranched alkanes of at least 4 members (excludes halogenated alkanes) is 3. The number of para-hydroxylation sites is 1. The summed E-state index contributed by atoms with van der Waals surface area (Å²) in [5.41, 5.74) is 1.61. The maximum absolute atomic E-state index is 12.7. The molecule has 3 rings (SSSR count). The van der Waals surface area contributed by atoms with E-state index < -0.39 is 0 Å². The Morgan fingerprint density at radius 1 is 0.865 bits per heavy atom. The molecule has 0 spiro atoms. The topological polar surface area (TPSA) is 88.7 Å². The van der Waals surface area contributed by atoms with E-state index in [9.17, 15) is 9.59 Å². The van der Waals surface area contributed by atoms with Gasteiger partial charge in [-0.05, 0) is 83.1 Å². The minimum absolute atomic E-state index is 0.117. The van der Waals surface area contributed by atoms with Crippen molar-refractivity contribution in [1.82, 2.24) is 5.32 Å². The third-order valence-corrected chi connectivity index (χ3v) is 6.02. The molecule has 9 heteroatoms. The van der Waals surface area contributed by atoms with E-state index in [1.807, 2.05) is 18.2 Å². The predicted octanol–water partition coefficient (Wildman–Crippen LogP) is 6.55. The molecule has 194 valence electrons. The van der Waals surface area contributed by atoms with Crippen LogP contribution in [0.5, 0.6) is 11.5 Å². The van der Waals surface area contributed by atoms with Gasteiger partial charge in [-0.15, -0.1) is 0 Å². The number of benzene rings is 3. The second kappa shape index (κ2) is 15.0. The van der Waals surface area contributed by atoms with Gasteiger partial charge in [-0.3, -0.25) is 14.9 Å². The van der Waals surface area contributed by atoms with E-state index in [0.717, 1.165) is 12.8 Å². The van der Waals surface area contributed by atoms with Crippen LogP contribution in [-0.2, 0) is 4.79 Å². The smallest absolute Gasteiger partial charge is 0.262 e. The highest BCUT2D eigenvalue weighted by molar-refractivity contribution is 9.10. The second-order valence-corrected chi connectivity index (χ2v) is 9.46. The van der Waals surface area contributed by atoms with Gasteiger partial charge in [-0.25, -0.2) is 0 Å². The zero-order chi connectivity index (χ0) is 26.5. The number of ether oxygens (including phenoxy) is 2. The van der Waals surface area contributed by atoms with Crippen molar-refractivity contribution in [2.24, 2.45) is 0 Å². The molecule has 7 nitrogen and oxygen atoms in total. The van der Waals surface area contributed by atoms with Crippen molar-refractivity contribution in [3.8, 4) is 11.5 Å². The monoisotopic (exact) mass is 583 g/mol. The van der Waals surface area contributed by atoms with Gasteiger partial charge < -0.3 is 20.1 Å². The third-order valence-electron chi connectivity index (χ3n) is 5.19. The lowest BCUT2D eigenvalue weighted by Gasteiger charge is -2.13. The van der Waals surface area contributed by atoms with Crippen molar-refractivity contribution in [3.63, 3.8) is 0 Å². The summed E-state index contributed by atoms with van der Waals surface area (Å²) in [5, 5.41) is 8.54. The maximum Gasteiger partial charge on any atom is 0.262 e. The van der Waals surface area contributed by atoms with Crippen molar-refractivity contribution in [1.29, 1.82) is 0 Å². The van der Waals surface area contributed by atoms with E-state index in [1.54, 1.807) is 54.6 Å². The Balaban J connectivity index is 1.47. The Morgan fingerprint density at radius 3 is 2.35 bits per heavy atom. The number of rotatable bonds is 12. The van der Waals surface area contributed by atoms with Gasteiger partial charge in [0, 0.05) is 16.9 Å². The molecule has 0 aliphatic heterocycles. The van der Waals surface area contributed by atoms with E-state index in [2.05, 4.69) is 38.8 Å². The first-order chi connectivity index (χ1) is 17.9. The molecular formula is C28H30BrN3O4S. The van der Waals surface area contributed by atoms with Gasteiger partial charge in [-0.2, -0.15) is 0 Å². The zero-order valence-corrected chi connectivity index (χ0v) is 23.0. The van der Waals surface area contributed by atoms with Gasteiger partial charge in [0.1, 0.15) is 11.5 Å². The number of carbonyl (C=O) groups excluding carboxylic acids is 2. The van der Waals surface area contributed by atoms with Crippen molar-refractivity contribution >= 4 is 56.4 Å². The van der Waals surface area contributed by atoms with Crippen LogP contribution < -0.4 is 25.4 Å².